The number of anilines is 1. The van der Waals surface area contributed by atoms with Crippen molar-refractivity contribution in [1.82, 2.24) is 15.5 Å². The van der Waals surface area contributed by atoms with Crippen molar-refractivity contribution in [3.8, 4) is 0 Å². The molecule has 3 aliphatic rings. The molecule has 4 bridgehead atoms. The van der Waals surface area contributed by atoms with E-state index in [2.05, 4.69) is 10.6 Å². The third kappa shape index (κ3) is 12.0. The van der Waals surface area contributed by atoms with Gasteiger partial charge < -0.3 is 39.2 Å². The summed E-state index contributed by atoms with van der Waals surface area (Å²) in [6.45, 7) is 8.89. The number of alkyl carbamates (subject to hydrolysis) is 1. The lowest BCUT2D eigenvalue weighted by molar-refractivity contribution is -0.162. The molecule has 0 radical (unpaired) electrons. The number of hydrogen-bond acceptors (Lipinski definition) is 13. The van der Waals surface area contributed by atoms with Gasteiger partial charge in [0.25, 0.3) is 0 Å². The molecule has 1 aromatic carbocycles. The van der Waals surface area contributed by atoms with Crippen LogP contribution in [0.2, 0.25) is 5.02 Å². The van der Waals surface area contributed by atoms with Crippen molar-refractivity contribution in [3.63, 3.8) is 0 Å². The fourth-order valence-corrected chi connectivity index (χ4v) is 9.79. The average molecular weight is 882 g/mol. The highest BCUT2D eigenvalue weighted by Crippen LogP contribution is 2.49. The number of nitrogens with zero attached hydrogens (tertiary/aromatic N) is 2. The molecule has 3 heterocycles. The molecule has 1 aromatic rings. The highest BCUT2D eigenvalue weighted by molar-refractivity contribution is 8.76. The monoisotopic (exact) mass is 880 g/mol. The molecule has 3 aliphatic heterocycles. The Labute approximate surface area is 359 Å². The van der Waals surface area contributed by atoms with Gasteiger partial charge in [0.1, 0.15) is 30.0 Å². The van der Waals surface area contributed by atoms with E-state index in [0.717, 1.165) is 5.57 Å². The summed E-state index contributed by atoms with van der Waals surface area (Å²) < 4.78 is 23.7. The van der Waals surface area contributed by atoms with Gasteiger partial charge in [-0.15, -0.1) is 0 Å². The molecule has 0 aromatic heterocycles. The van der Waals surface area contributed by atoms with Crippen LogP contribution >= 0.6 is 33.2 Å². The first-order valence-electron chi connectivity index (χ1n) is 19.5. The fourth-order valence-electron chi connectivity index (χ4n) is 7.19. The number of epoxide rings is 1. The van der Waals surface area contributed by atoms with Gasteiger partial charge in [0.2, 0.25) is 17.7 Å². The zero-order valence-corrected chi connectivity index (χ0v) is 37.5. The van der Waals surface area contributed by atoms with Crippen molar-refractivity contribution in [2.45, 2.75) is 120 Å². The average Bonchev–Trinajstić information content (AvgIpc) is 3.90. The van der Waals surface area contributed by atoms with Gasteiger partial charge in [-0.3, -0.25) is 24.5 Å². The van der Waals surface area contributed by atoms with Crippen LogP contribution in [0.4, 0.5) is 10.5 Å². The summed E-state index contributed by atoms with van der Waals surface area (Å²) in [5.41, 5.74) is -1.12. The van der Waals surface area contributed by atoms with Crippen LogP contribution in [0.1, 0.15) is 82.6 Å². The molecule has 59 heavy (non-hydrogen) atoms. The number of esters is 1. The second-order valence-electron chi connectivity index (χ2n) is 15.6. The van der Waals surface area contributed by atoms with Crippen LogP contribution in [0.15, 0.2) is 35.9 Å². The molecule has 15 nitrogen and oxygen atoms in total. The molecule has 326 valence electrons. The Hall–Kier alpha value is -3.61. The smallest absolute Gasteiger partial charge is 0.409 e. The van der Waals surface area contributed by atoms with Crippen molar-refractivity contribution in [2.24, 2.45) is 5.92 Å². The van der Waals surface area contributed by atoms with Gasteiger partial charge >= 0.3 is 12.1 Å². The van der Waals surface area contributed by atoms with Crippen LogP contribution < -0.4 is 15.5 Å². The van der Waals surface area contributed by atoms with E-state index in [1.165, 1.54) is 48.7 Å². The number of rotatable bonds is 13. The molecule has 0 spiro atoms. The maximum absolute atomic E-state index is 14.2. The van der Waals surface area contributed by atoms with Gasteiger partial charge in [0.05, 0.1) is 23.2 Å². The lowest BCUT2D eigenvalue weighted by Crippen LogP contribution is -2.63. The van der Waals surface area contributed by atoms with Crippen molar-refractivity contribution in [1.29, 1.82) is 0 Å². The van der Waals surface area contributed by atoms with Gasteiger partial charge in [-0.1, -0.05) is 70.8 Å². The van der Waals surface area contributed by atoms with Gasteiger partial charge in [0.15, 0.2) is 12.0 Å². The fraction of sp³-hybridized carbons (Fsp3) is 0.610. The summed E-state index contributed by atoms with van der Waals surface area (Å²) in [6.07, 6.45) is 2.31. The summed E-state index contributed by atoms with van der Waals surface area (Å²) >= 11 is 6.68. The molecule has 2 fully saturated rings. The number of nitrogens with one attached hydrogen (secondary N) is 2. The van der Waals surface area contributed by atoms with Gasteiger partial charge in [0, 0.05) is 70.0 Å². The Balaban J connectivity index is 1.61. The lowest BCUT2D eigenvalue weighted by Gasteiger charge is -2.42. The summed E-state index contributed by atoms with van der Waals surface area (Å²) in [5, 5.41) is 17.1. The number of aldehydes is 1. The molecule has 4 rings (SSSR count). The number of carbonyl (C=O) groups is 6. The number of methoxy groups -OCH3 is 1. The van der Waals surface area contributed by atoms with Crippen molar-refractivity contribution < 1.29 is 52.8 Å². The summed E-state index contributed by atoms with van der Waals surface area (Å²) in [5.74, 6) is -1.67. The number of benzene rings is 1. The summed E-state index contributed by atoms with van der Waals surface area (Å²) in [4.78, 5) is 80.5. The summed E-state index contributed by atoms with van der Waals surface area (Å²) in [7, 11) is 9.13. The number of aliphatic hydroxyl groups is 1. The van der Waals surface area contributed by atoms with E-state index in [0.29, 0.717) is 36.9 Å². The molecule has 0 saturated carbocycles. The Morgan fingerprint density at radius 1 is 1.24 bits per heavy atom. The van der Waals surface area contributed by atoms with E-state index < -0.39 is 65.7 Å². The van der Waals surface area contributed by atoms with E-state index in [9.17, 15) is 33.9 Å². The van der Waals surface area contributed by atoms with Crippen LogP contribution in [-0.4, -0.2) is 127 Å². The predicted molar refractivity (Wildman–Crippen MR) is 227 cm³/mol. The molecule has 9 atom stereocenters. The number of carbonyl (C=O) groups excluding carboxylic acids is 6. The van der Waals surface area contributed by atoms with Crippen LogP contribution in [0, 0.1) is 5.92 Å². The predicted octanol–water partition coefficient (Wildman–Crippen LogP) is 5.00. The van der Waals surface area contributed by atoms with E-state index >= 15 is 0 Å². The second-order valence-corrected chi connectivity index (χ2v) is 18.9. The Kier molecular flexibility index (Phi) is 16.9. The molecule has 0 aliphatic carbocycles. The number of allylic oxidation sites excluding steroid dienone is 3. The van der Waals surface area contributed by atoms with Gasteiger partial charge in [-0.25, -0.2) is 9.59 Å². The van der Waals surface area contributed by atoms with Crippen LogP contribution in [0.3, 0.4) is 0 Å². The van der Waals surface area contributed by atoms with Crippen molar-refractivity contribution >= 4 is 74.9 Å². The molecule has 2 saturated heterocycles. The van der Waals surface area contributed by atoms with E-state index in [4.69, 9.17) is 30.5 Å². The highest BCUT2D eigenvalue weighted by Gasteiger charge is 2.64. The Morgan fingerprint density at radius 3 is 2.61 bits per heavy atom. The normalized spacial score (nSPS) is 29.6. The van der Waals surface area contributed by atoms with Crippen LogP contribution in [0.5, 0.6) is 0 Å². The first-order chi connectivity index (χ1) is 27.8. The topological polar surface area (TPSA) is 193 Å². The number of ether oxygens (including phenoxy) is 4. The minimum Gasteiger partial charge on any atom is -0.457 e. The molecule has 2 unspecified atom stereocenters. The Morgan fingerprint density at radius 2 is 1.95 bits per heavy atom. The zero-order chi connectivity index (χ0) is 43.8. The number of halogens is 1. The van der Waals surface area contributed by atoms with Gasteiger partial charge in [-0.05, 0) is 51.3 Å². The zero-order valence-electron chi connectivity index (χ0n) is 35.1. The lowest BCUT2D eigenvalue weighted by atomic mass is 9.83. The third-order valence-electron chi connectivity index (χ3n) is 11.2. The molecular formula is C41H57ClN4O11S2. The van der Waals surface area contributed by atoms with Crippen molar-refractivity contribution in [3.05, 3.63) is 52.1 Å². The van der Waals surface area contributed by atoms with E-state index in [-0.39, 0.29) is 52.6 Å². The largest absolute Gasteiger partial charge is 0.457 e. The van der Waals surface area contributed by atoms with Gasteiger partial charge in [-0.2, -0.15) is 0 Å². The first-order valence-corrected chi connectivity index (χ1v) is 22.3. The standard InChI is InChI=1S/C41H57ClN4O11S2/c1-23-11-10-12-31(54-9)41(53)21-30(55-39(52)44-41)25(3)37-40(5,57-37)32(20-35(50)46(8)29-19-27(17-23)18-28(22-47)36(29)42)56-38(51)26(4)45(7)34(49)15-16-58-59-24(2)13-14-33(48)43-6/h10-12,18-19,22,24-26,30-32,37,53H,13-17,20-21H2,1-9H3,(H,43,48)(H,44,52)/b12-10+,23-11+/t24?,25-,26+,30+,31-,32+,37?,40+,41+/m1/s1. The number of hydrogen-bond donors (Lipinski definition) is 3. The maximum Gasteiger partial charge on any atom is 0.409 e. The number of likely N-dealkylation sites (N-methyl/N-ethyl adjacent to an activating group) is 1. The first kappa shape index (κ1) is 48.1. The molecule has 3 N–H and O–H groups in total. The Bertz CT molecular complexity index is 1820. The highest BCUT2D eigenvalue weighted by atomic mass is 35.5. The quantitative estimate of drug-likeness (QED) is 0.0789. The van der Waals surface area contributed by atoms with E-state index in [1.54, 1.807) is 62.0 Å². The molecule has 4 amide bonds. The number of fused-ring (bicyclic) bond motifs is 5. The van der Waals surface area contributed by atoms with Crippen molar-refractivity contribution in [2.75, 3.05) is 38.9 Å². The maximum atomic E-state index is 14.2. The van der Waals surface area contributed by atoms with E-state index in [1.807, 2.05) is 13.8 Å². The molecule has 18 heteroatoms. The number of amides is 4. The second kappa shape index (κ2) is 20.8. The van der Waals surface area contributed by atoms with Crippen LogP contribution in [-0.2, 0) is 44.5 Å². The summed E-state index contributed by atoms with van der Waals surface area (Å²) in [6, 6.07) is 2.32. The SMILES string of the molecule is CNC(=O)CCC(C)SSCCC(=O)N(C)[C@@H](C)C(=O)O[C@H]1CC(=O)N(C)c2cc(cc(C=O)c2Cl)C/C(C)=C/C=C/[C@@H](OC)[C@@]2(O)C[C@H](OC(=O)N2)[C@@H](C)C2O[C@]21C. The molecular weight excluding hydrogens is 824 g/mol. The third-order valence-corrected chi connectivity index (χ3v) is 14.6. The van der Waals surface area contributed by atoms with Crippen LogP contribution in [0.25, 0.3) is 0 Å². The minimum absolute atomic E-state index is 0.0262. The minimum atomic E-state index is -1.86.